The molecule has 28 heavy (non-hydrogen) atoms. The van der Waals surface area contributed by atoms with Crippen LogP contribution < -0.4 is 0 Å². The first-order valence-electron chi connectivity index (χ1n) is 11.0. The molecule has 5 rings (SSSR count). The first-order valence-corrected chi connectivity index (χ1v) is 11.0. The van der Waals surface area contributed by atoms with Gasteiger partial charge in [0.15, 0.2) is 0 Å². The van der Waals surface area contributed by atoms with Gasteiger partial charge in [0.05, 0.1) is 6.33 Å². The molecule has 6 atom stereocenters. The number of allylic oxidation sites excluding steroid dienone is 3. The topological polar surface area (TPSA) is 44.1 Å². The predicted molar refractivity (Wildman–Crippen MR) is 109 cm³/mol. The molecule has 0 aliphatic heterocycles. The van der Waals surface area contributed by atoms with E-state index >= 15 is 0 Å². The summed E-state index contributed by atoms with van der Waals surface area (Å²) < 4.78 is 7.81. The fourth-order valence-electron chi connectivity index (χ4n) is 7.31. The molecule has 1 aromatic heterocycles. The molecule has 4 heteroatoms. The third-order valence-corrected chi connectivity index (χ3v) is 8.71. The van der Waals surface area contributed by atoms with Crippen molar-refractivity contribution in [2.75, 3.05) is 0 Å². The minimum Gasteiger partial charge on any atom is -0.462 e. The lowest BCUT2D eigenvalue weighted by Gasteiger charge is -2.57. The van der Waals surface area contributed by atoms with E-state index in [0.29, 0.717) is 5.41 Å². The summed E-state index contributed by atoms with van der Waals surface area (Å²) >= 11 is 0. The molecule has 2 saturated carbocycles. The highest BCUT2D eigenvalue weighted by atomic mass is 16.5. The van der Waals surface area contributed by atoms with Crippen LogP contribution in [0.1, 0.15) is 65.7 Å². The SMILES string of the molecule is CC(=O)O[C@H]1CC[C@@]2(C)C(=CC[C@H]3C4CC=C(n5ccnc5)[C@@]4(C)CC[C@@H]32)C1. The first-order chi connectivity index (χ1) is 13.4. The van der Waals surface area contributed by atoms with Gasteiger partial charge in [-0.25, -0.2) is 4.98 Å². The largest absolute Gasteiger partial charge is 0.462 e. The third kappa shape index (κ3) is 2.56. The Morgan fingerprint density at radius 3 is 2.71 bits per heavy atom. The monoisotopic (exact) mass is 380 g/mol. The molecule has 0 spiro atoms. The van der Waals surface area contributed by atoms with Crippen LogP contribution in [0.3, 0.4) is 0 Å². The standard InChI is InChI=1S/C24H32N2O2/c1-16(27)28-18-8-10-23(2)17(14-18)4-5-19-20-6-7-22(26-13-12-25-15-26)24(20,3)11-9-21(19)23/h4,7,12-13,15,18-21H,5-6,8-11,14H2,1-3H3/t18-,19-,20?,21-,23-,24-/m0/s1. The Morgan fingerprint density at radius 2 is 1.96 bits per heavy atom. The van der Waals surface area contributed by atoms with Crippen LogP contribution in [-0.2, 0) is 9.53 Å². The van der Waals surface area contributed by atoms with E-state index in [4.69, 9.17) is 4.74 Å². The highest BCUT2D eigenvalue weighted by Gasteiger charge is 2.57. The molecule has 4 nitrogen and oxygen atoms in total. The molecule has 1 unspecified atom stereocenters. The lowest BCUT2D eigenvalue weighted by molar-refractivity contribution is -0.148. The van der Waals surface area contributed by atoms with Crippen LogP contribution in [-0.4, -0.2) is 21.6 Å². The number of hydrogen-bond acceptors (Lipinski definition) is 3. The molecule has 0 saturated heterocycles. The maximum absolute atomic E-state index is 11.4. The zero-order valence-electron chi connectivity index (χ0n) is 17.4. The first kappa shape index (κ1) is 18.2. The van der Waals surface area contributed by atoms with Gasteiger partial charge in [0.25, 0.3) is 0 Å². The average molecular weight is 381 g/mol. The predicted octanol–water partition coefficient (Wildman–Crippen LogP) is 5.23. The van der Waals surface area contributed by atoms with Gasteiger partial charge in [-0.3, -0.25) is 4.79 Å². The molecule has 0 N–H and O–H groups in total. The third-order valence-electron chi connectivity index (χ3n) is 8.71. The molecule has 0 radical (unpaired) electrons. The minimum atomic E-state index is -0.139. The van der Waals surface area contributed by atoms with Crippen LogP contribution in [0.15, 0.2) is 36.4 Å². The van der Waals surface area contributed by atoms with Crippen molar-refractivity contribution in [3.63, 3.8) is 0 Å². The number of esters is 1. The quantitative estimate of drug-likeness (QED) is 0.521. The summed E-state index contributed by atoms with van der Waals surface area (Å²) in [5, 5.41) is 0. The molecule has 1 heterocycles. The van der Waals surface area contributed by atoms with Gasteiger partial charge in [-0.05, 0) is 61.7 Å². The maximum Gasteiger partial charge on any atom is 0.302 e. The fourth-order valence-corrected chi connectivity index (χ4v) is 7.31. The Hall–Kier alpha value is -1.84. The number of imidazole rings is 1. The zero-order valence-corrected chi connectivity index (χ0v) is 17.4. The second kappa shape index (κ2) is 6.33. The normalized spacial score (nSPS) is 42.0. The van der Waals surface area contributed by atoms with E-state index in [1.165, 1.54) is 38.3 Å². The summed E-state index contributed by atoms with van der Waals surface area (Å²) in [4.78, 5) is 15.7. The van der Waals surface area contributed by atoms with Crippen LogP contribution in [0.4, 0.5) is 0 Å². The Bertz CT molecular complexity index is 839. The number of carbonyl (C=O) groups excluding carboxylic acids is 1. The van der Waals surface area contributed by atoms with Crippen molar-refractivity contribution in [3.8, 4) is 0 Å². The van der Waals surface area contributed by atoms with E-state index in [1.54, 1.807) is 5.57 Å². The molecule has 4 aliphatic carbocycles. The highest BCUT2D eigenvalue weighted by molar-refractivity contribution is 5.66. The molecule has 4 aliphatic rings. The van der Waals surface area contributed by atoms with E-state index < -0.39 is 0 Å². The van der Waals surface area contributed by atoms with Crippen molar-refractivity contribution in [2.24, 2.45) is 28.6 Å². The molecule has 2 fully saturated rings. The summed E-state index contributed by atoms with van der Waals surface area (Å²) in [6.45, 7) is 6.53. The molecule has 0 amide bonds. The van der Waals surface area contributed by atoms with Gasteiger partial charge in [0.2, 0.25) is 0 Å². The highest BCUT2D eigenvalue weighted by Crippen LogP contribution is 2.65. The molecule has 1 aromatic rings. The number of nitrogens with zero attached hydrogens (tertiary/aromatic N) is 2. The summed E-state index contributed by atoms with van der Waals surface area (Å²) in [7, 11) is 0. The van der Waals surface area contributed by atoms with Crippen LogP contribution in [0.25, 0.3) is 5.70 Å². The molecular weight excluding hydrogens is 348 g/mol. The number of fused-ring (bicyclic) bond motifs is 5. The van der Waals surface area contributed by atoms with E-state index in [2.05, 4.69) is 41.7 Å². The number of ether oxygens (including phenoxy) is 1. The van der Waals surface area contributed by atoms with Crippen molar-refractivity contribution in [3.05, 3.63) is 36.4 Å². The number of rotatable bonds is 2. The summed E-state index contributed by atoms with van der Waals surface area (Å²) in [5.74, 6) is 2.11. The number of carbonyl (C=O) groups is 1. The van der Waals surface area contributed by atoms with Crippen molar-refractivity contribution >= 4 is 11.7 Å². The van der Waals surface area contributed by atoms with Crippen molar-refractivity contribution < 1.29 is 9.53 Å². The van der Waals surface area contributed by atoms with Crippen molar-refractivity contribution in [2.45, 2.75) is 71.8 Å². The van der Waals surface area contributed by atoms with Crippen molar-refractivity contribution in [1.82, 2.24) is 9.55 Å². The van der Waals surface area contributed by atoms with Gasteiger partial charge in [0.1, 0.15) is 6.10 Å². The Kier molecular flexibility index (Phi) is 4.12. The molecule has 0 bridgehead atoms. The Labute approximate surface area is 168 Å². The zero-order chi connectivity index (χ0) is 19.5. The van der Waals surface area contributed by atoms with E-state index in [-0.39, 0.29) is 17.5 Å². The van der Waals surface area contributed by atoms with E-state index in [0.717, 1.165) is 37.0 Å². The molecular formula is C24H32N2O2. The van der Waals surface area contributed by atoms with Crippen molar-refractivity contribution in [1.29, 1.82) is 0 Å². The number of hydrogen-bond donors (Lipinski definition) is 0. The second-order valence-corrected chi connectivity index (χ2v) is 9.98. The average Bonchev–Trinajstić information content (AvgIpc) is 3.28. The summed E-state index contributed by atoms with van der Waals surface area (Å²) in [6, 6.07) is 0. The van der Waals surface area contributed by atoms with E-state index in [9.17, 15) is 4.79 Å². The van der Waals surface area contributed by atoms with E-state index in [1.807, 2.05) is 12.5 Å². The lowest BCUT2D eigenvalue weighted by atomic mass is 9.48. The van der Waals surface area contributed by atoms with Gasteiger partial charge in [-0.15, -0.1) is 0 Å². The Morgan fingerprint density at radius 1 is 1.14 bits per heavy atom. The summed E-state index contributed by atoms with van der Waals surface area (Å²) in [6.07, 6.45) is 19.1. The second-order valence-electron chi connectivity index (χ2n) is 9.98. The summed E-state index contributed by atoms with van der Waals surface area (Å²) in [5.41, 5.74) is 3.58. The van der Waals surface area contributed by atoms with Gasteiger partial charge in [-0.1, -0.05) is 31.6 Å². The van der Waals surface area contributed by atoms with Gasteiger partial charge < -0.3 is 9.30 Å². The Balaban J connectivity index is 1.41. The van der Waals surface area contributed by atoms with Crippen LogP contribution in [0.5, 0.6) is 0 Å². The van der Waals surface area contributed by atoms with Crippen LogP contribution in [0, 0.1) is 28.6 Å². The van der Waals surface area contributed by atoms with Gasteiger partial charge in [0, 0.05) is 36.9 Å². The van der Waals surface area contributed by atoms with Crippen LogP contribution in [0.2, 0.25) is 0 Å². The van der Waals surface area contributed by atoms with Crippen LogP contribution >= 0.6 is 0 Å². The maximum atomic E-state index is 11.4. The molecule has 0 aromatic carbocycles. The van der Waals surface area contributed by atoms with Gasteiger partial charge >= 0.3 is 5.97 Å². The smallest absolute Gasteiger partial charge is 0.302 e. The van der Waals surface area contributed by atoms with Gasteiger partial charge in [-0.2, -0.15) is 0 Å². The molecule has 150 valence electrons. The number of aromatic nitrogens is 2. The lowest BCUT2D eigenvalue weighted by Crippen LogP contribution is -2.50. The fraction of sp³-hybridized carbons (Fsp3) is 0.667. The minimum absolute atomic E-state index is 0.0863.